The van der Waals surface area contributed by atoms with Gasteiger partial charge in [0.2, 0.25) is 0 Å². The van der Waals surface area contributed by atoms with Crippen molar-refractivity contribution in [3.8, 4) is 11.5 Å². The van der Waals surface area contributed by atoms with Crippen molar-refractivity contribution in [3.63, 3.8) is 0 Å². The number of ether oxygens (including phenoxy) is 2. The van der Waals surface area contributed by atoms with E-state index in [0.717, 1.165) is 11.1 Å². The topological polar surface area (TPSA) is 55.8 Å². The molecule has 0 saturated carbocycles. The van der Waals surface area contributed by atoms with Gasteiger partial charge in [-0.05, 0) is 41.8 Å². The quantitative estimate of drug-likeness (QED) is 0.504. The van der Waals surface area contributed by atoms with Gasteiger partial charge in [-0.15, -0.1) is 0 Å². The van der Waals surface area contributed by atoms with Crippen LogP contribution in [0.1, 0.15) is 17.0 Å². The molecule has 5 heteroatoms. The smallest absolute Gasteiger partial charge is 0.311 e. The molecule has 1 N–H and O–H groups in total. The van der Waals surface area contributed by atoms with Gasteiger partial charge in [-0.2, -0.15) is 0 Å². The maximum absolute atomic E-state index is 11.6. The Bertz CT molecular complexity index is 894. The maximum Gasteiger partial charge on any atom is 0.311 e. The van der Waals surface area contributed by atoms with Crippen LogP contribution in [-0.4, -0.2) is 24.3 Å². The summed E-state index contributed by atoms with van der Waals surface area (Å²) < 4.78 is 11.3. The standard InChI is InChI=1S/C23H21ClO4/c24-21-8-4-5-9-22(21)28-15-14-27-19-12-10-17(11-13-19)16-20(23(25)26)18-6-2-1-3-7-18/h1-13,20H,14-16H2,(H,25,26). The van der Waals surface area contributed by atoms with Gasteiger partial charge in [0.1, 0.15) is 24.7 Å². The van der Waals surface area contributed by atoms with Crippen LogP contribution in [0, 0.1) is 0 Å². The lowest BCUT2D eigenvalue weighted by Gasteiger charge is -2.13. The molecule has 0 spiro atoms. The van der Waals surface area contributed by atoms with E-state index in [9.17, 15) is 9.90 Å². The van der Waals surface area contributed by atoms with Crippen LogP contribution in [0.4, 0.5) is 0 Å². The summed E-state index contributed by atoms with van der Waals surface area (Å²) in [5.74, 6) is -0.0675. The van der Waals surface area contributed by atoms with E-state index in [-0.39, 0.29) is 0 Å². The average molecular weight is 397 g/mol. The van der Waals surface area contributed by atoms with Crippen molar-refractivity contribution in [1.29, 1.82) is 0 Å². The van der Waals surface area contributed by atoms with Gasteiger partial charge in [0.15, 0.2) is 0 Å². The van der Waals surface area contributed by atoms with Crippen LogP contribution >= 0.6 is 11.6 Å². The fourth-order valence-electron chi connectivity index (χ4n) is 2.86. The molecule has 0 aromatic heterocycles. The fourth-order valence-corrected chi connectivity index (χ4v) is 3.05. The molecule has 0 amide bonds. The van der Waals surface area contributed by atoms with Gasteiger partial charge in [-0.1, -0.05) is 66.2 Å². The molecule has 0 radical (unpaired) electrons. The molecule has 0 aliphatic carbocycles. The second kappa shape index (κ2) is 9.81. The Morgan fingerprint density at radius 1 is 0.857 bits per heavy atom. The van der Waals surface area contributed by atoms with E-state index in [0.29, 0.717) is 36.2 Å². The number of halogens is 1. The first-order valence-electron chi connectivity index (χ1n) is 9.00. The largest absolute Gasteiger partial charge is 0.490 e. The zero-order valence-corrected chi connectivity index (χ0v) is 16.0. The lowest BCUT2D eigenvalue weighted by Crippen LogP contribution is -2.14. The highest BCUT2D eigenvalue weighted by Gasteiger charge is 2.20. The van der Waals surface area contributed by atoms with Crippen molar-refractivity contribution in [2.45, 2.75) is 12.3 Å². The van der Waals surface area contributed by atoms with Crippen molar-refractivity contribution in [2.24, 2.45) is 0 Å². The summed E-state index contributed by atoms with van der Waals surface area (Å²) in [5.41, 5.74) is 1.74. The second-order valence-corrected chi connectivity index (χ2v) is 6.68. The molecular weight excluding hydrogens is 376 g/mol. The Hall–Kier alpha value is -2.98. The number of carboxylic acids is 1. The molecule has 0 heterocycles. The number of hydrogen-bond donors (Lipinski definition) is 1. The minimum absolute atomic E-state index is 0.376. The van der Waals surface area contributed by atoms with Crippen molar-refractivity contribution < 1.29 is 19.4 Å². The first-order chi connectivity index (χ1) is 13.6. The van der Waals surface area contributed by atoms with Gasteiger partial charge in [0.25, 0.3) is 0 Å². The van der Waals surface area contributed by atoms with E-state index in [1.807, 2.05) is 72.8 Å². The summed E-state index contributed by atoms with van der Waals surface area (Å²) in [5, 5.41) is 10.1. The highest BCUT2D eigenvalue weighted by atomic mass is 35.5. The van der Waals surface area contributed by atoms with Crippen LogP contribution in [0.25, 0.3) is 0 Å². The molecule has 3 rings (SSSR count). The minimum Gasteiger partial charge on any atom is -0.490 e. The normalized spacial score (nSPS) is 11.6. The maximum atomic E-state index is 11.6. The van der Waals surface area contributed by atoms with Crippen molar-refractivity contribution in [1.82, 2.24) is 0 Å². The molecule has 144 valence electrons. The molecule has 0 aliphatic heterocycles. The third kappa shape index (κ3) is 5.51. The number of benzene rings is 3. The third-order valence-electron chi connectivity index (χ3n) is 4.31. The Balaban J connectivity index is 1.51. The molecule has 0 bridgehead atoms. The third-order valence-corrected chi connectivity index (χ3v) is 4.62. The zero-order chi connectivity index (χ0) is 19.8. The van der Waals surface area contributed by atoms with E-state index in [4.69, 9.17) is 21.1 Å². The molecule has 1 unspecified atom stereocenters. The SMILES string of the molecule is O=C(O)C(Cc1ccc(OCCOc2ccccc2Cl)cc1)c1ccccc1. The summed E-state index contributed by atoms with van der Waals surface area (Å²) >= 11 is 6.04. The second-order valence-electron chi connectivity index (χ2n) is 6.28. The molecule has 3 aromatic carbocycles. The van der Waals surface area contributed by atoms with Gasteiger partial charge in [-0.3, -0.25) is 4.79 Å². The van der Waals surface area contributed by atoms with E-state index in [1.54, 1.807) is 6.07 Å². The molecule has 1 atom stereocenters. The molecular formula is C23H21ClO4. The Morgan fingerprint density at radius 2 is 1.50 bits per heavy atom. The highest BCUT2D eigenvalue weighted by Crippen LogP contribution is 2.24. The zero-order valence-electron chi connectivity index (χ0n) is 15.3. The van der Waals surface area contributed by atoms with Crippen LogP contribution in [0.15, 0.2) is 78.9 Å². The van der Waals surface area contributed by atoms with Gasteiger partial charge < -0.3 is 14.6 Å². The summed E-state index contributed by atoms with van der Waals surface area (Å²) in [6, 6.07) is 24.0. The Morgan fingerprint density at radius 3 is 2.18 bits per heavy atom. The lowest BCUT2D eigenvalue weighted by molar-refractivity contribution is -0.138. The van der Waals surface area contributed by atoms with Crippen LogP contribution < -0.4 is 9.47 Å². The number of aliphatic carboxylic acids is 1. The number of para-hydroxylation sites is 1. The van der Waals surface area contributed by atoms with Crippen molar-refractivity contribution in [3.05, 3.63) is 95.0 Å². The number of carbonyl (C=O) groups is 1. The van der Waals surface area contributed by atoms with Crippen LogP contribution in [-0.2, 0) is 11.2 Å². The summed E-state index contributed by atoms with van der Waals surface area (Å²) in [6.07, 6.45) is 0.426. The highest BCUT2D eigenvalue weighted by molar-refractivity contribution is 6.32. The minimum atomic E-state index is -0.830. The fraction of sp³-hybridized carbons (Fsp3) is 0.174. The first kappa shape index (κ1) is 19.8. The van der Waals surface area contributed by atoms with Crippen molar-refractivity contribution >= 4 is 17.6 Å². The molecule has 4 nitrogen and oxygen atoms in total. The predicted molar refractivity (Wildman–Crippen MR) is 109 cm³/mol. The van der Waals surface area contributed by atoms with E-state index in [1.165, 1.54) is 0 Å². The molecule has 28 heavy (non-hydrogen) atoms. The van der Waals surface area contributed by atoms with Gasteiger partial charge in [0.05, 0.1) is 10.9 Å². The van der Waals surface area contributed by atoms with Crippen LogP contribution in [0.2, 0.25) is 5.02 Å². The molecule has 0 saturated heterocycles. The number of rotatable bonds is 9. The Labute approximate surface area is 169 Å². The summed E-state index contributed by atoms with van der Waals surface area (Å²) in [7, 11) is 0. The molecule has 0 aliphatic rings. The number of hydrogen-bond acceptors (Lipinski definition) is 3. The van der Waals surface area contributed by atoms with E-state index in [2.05, 4.69) is 0 Å². The first-order valence-corrected chi connectivity index (χ1v) is 9.38. The number of carboxylic acid groups (broad SMARTS) is 1. The van der Waals surface area contributed by atoms with Gasteiger partial charge in [0, 0.05) is 0 Å². The predicted octanol–water partition coefficient (Wildman–Crippen LogP) is 5.21. The van der Waals surface area contributed by atoms with Gasteiger partial charge in [-0.25, -0.2) is 0 Å². The lowest BCUT2D eigenvalue weighted by atomic mass is 9.92. The molecule has 0 fully saturated rings. The summed E-state index contributed by atoms with van der Waals surface area (Å²) in [6.45, 7) is 0.757. The van der Waals surface area contributed by atoms with Gasteiger partial charge >= 0.3 is 5.97 Å². The van der Waals surface area contributed by atoms with E-state index >= 15 is 0 Å². The van der Waals surface area contributed by atoms with Crippen LogP contribution in [0.3, 0.4) is 0 Å². The molecule has 3 aromatic rings. The average Bonchev–Trinajstić information content (AvgIpc) is 2.72. The summed E-state index contributed by atoms with van der Waals surface area (Å²) in [4.78, 5) is 11.6. The monoisotopic (exact) mass is 396 g/mol. The Kier molecular flexibility index (Phi) is 6.93. The van der Waals surface area contributed by atoms with E-state index < -0.39 is 11.9 Å². The van der Waals surface area contributed by atoms with Crippen LogP contribution in [0.5, 0.6) is 11.5 Å². The van der Waals surface area contributed by atoms with Crippen molar-refractivity contribution in [2.75, 3.05) is 13.2 Å².